The summed E-state index contributed by atoms with van der Waals surface area (Å²) in [6, 6.07) is 1.29. The average Bonchev–Trinajstić information content (AvgIpc) is 2.99. The number of nitrogens with zero attached hydrogens (tertiary/aromatic N) is 5. The molecule has 12 heteroatoms. The van der Waals surface area contributed by atoms with Gasteiger partial charge in [0.15, 0.2) is 28.0 Å². The summed E-state index contributed by atoms with van der Waals surface area (Å²) in [5.74, 6) is -1.59. The fourth-order valence-corrected chi connectivity index (χ4v) is 2.64. The van der Waals surface area contributed by atoms with Crippen molar-refractivity contribution < 1.29 is 22.9 Å². The number of rotatable bonds is 6. The van der Waals surface area contributed by atoms with Gasteiger partial charge in [0, 0.05) is 12.3 Å². The molecule has 0 fully saturated rings. The van der Waals surface area contributed by atoms with Crippen molar-refractivity contribution in [3.63, 3.8) is 0 Å². The number of aromatic nitrogens is 4. The lowest BCUT2D eigenvalue weighted by Gasteiger charge is -2.11. The van der Waals surface area contributed by atoms with Gasteiger partial charge in [0.2, 0.25) is 5.78 Å². The van der Waals surface area contributed by atoms with Crippen LogP contribution in [0.15, 0.2) is 29.4 Å². The lowest BCUT2D eigenvalue weighted by Crippen LogP contribution is -2.28. The fourth-order valence-electron chi connectivity index (χ4n) is 1.99. The van der Waals surface area contributed by atoms with Crippen LogP contribution in [-0.2, 0) is 14.6 Å². The van der Waals surface area contributed by atoms with Crippen molar-refractivity contribution in [2.75, 3.05) is 6.26 Å². The first kappa shape index (κ1) is 17.3. The van der Waals surface area contributed by atoms with E-state index < -0.39 is 43.6 Å². The quantitative estimate of drug-likeness (QED) is 0.302. The number of benzene rings is 1. The molecule has 1 atom stereocenters. The maximum Gasteiger partial charge on any atom is 0.281 e. The monoisotopic (exact) mass is 353 g/mol. The van der Waals surface area contributed by atoms with Crippen LogP contribution in [-0.4, -0.2) is 51.4 Å². The Labute approximate surface area is 135 Å². The van der Waals surface area contributed by atoms with Crippen LogP contribution in [0.3, 0.4) is 0 Å². The van der Waals surface area contributed by atoms with Gasteiger partial charge in [-0.25, -0.2) is 8.42 Å². The molecule has 1 heterocycles. The van der Waals surface area contributed by atoms with Gasteiger partial charge in [-0.2, -0.15) is 0 Å². The van der Waals surface area contributed by atoms with Crippen molar-refractivity contribution in [2.24, 2.45) is 0 Å². The Kier molecular flexibility index (Phi) is 4.50. The zero-order valence-corrected chi connectivity index (χ0v) is 13.3. The summed E-state index contributed by atoms with van der Waals surface area (Å²) in [7, 11) is -3.70. The highest BCUT2D eigenvalue weighted by molar-refractivity contribution is 7.90. The summed E-state index contributed by atoms with van der Waals surface area (Å²) in [5, 5.41) is 21.7. The van der Waals surface area contributed by atoms with Gasteiger partial charge in [-0.3, -0.25) is 19.7 Å². The lowest BCUT2D eigenvalue weighted by molar-refractivity contribution is -0.385. The van der Waals surface area contributed by atoms with E-state index in [0.29, 0.717) is 0 Å². The lowest BCUT2D eigenvalue weighted by atomic mass is 10.0. The van der Waals surface area contributed by atoms with Crippen molar-refractivity contribution in [1.82, 2.24) is 20.2 Å². The number of hydrogen-bond acceptors (Lipinski definition) is 9. The Hall–Kier alpha value is -3.02. The maximum atomic E-state index is 12.6. The molecule has 11 nitrogen and oxygen atoms in total. The summed E-state index contributed by atoms with van der Waals surface area (Å²) < 4.78 is 23.0. The Morgan fingerprint density at radius 3 is 2.46 bits per heavy atom. The second-order valence-corrected chi connectivity index (χ2v) is 6.86. The van der Waals surface area contributed by atoms with E-state index in [1.54, 1.807) is 0 Å². The van der Waals surface area contributed by atoms with Gasteiger partial charge in [-0.1, -0.05) is 0 Å². The van der Waals surface area contributed by atoms with Crippen molar-refractivity contribution in [2.45, 2.75) is 17.9 Å². The molecule has 0 aliphatic rings. The molecule has 0 aliphatic heterocycles. The molecule has 1 unspecified atom stereocenters. The van der Waals surface area contributed by atoms with Crippen LogP contribution in [0.5, 0.6) is 0 Å². The van der Waals surface area contributed by atoms with Crippen LogP contribution in [0, 0.1) is 10.1 Å². The third-order valence-electron chi connectivity index (χ3n) is 3.09. The van der Waals surface area contributed by atoms with E-state index in [9.17, 15) is 28.1 Å². The van der Waals surface area contributed by atoms with E-state index in [1.165, 1.54) is 0 Å². The standard InChI is InChI=1S/C12H11N5O6S/c1-7(18)11(16-14-6-13-15-16)12(19)9-4-3-8(24(2,22)23)5-10(9)17(20)21/h3-6,11H,1-2H3. The van der Waals surface area contributed by atoms with Crippen molar-refractivity contribution >= 4 is 27.1 Å². The molecule has 0 aliphatic carbocycles. The van der Waals surface area contributed by atoms with Crippen molar-refractivity contribution in [3.8, 4) is 0 Å². The number of carbonyl (C=O) groups is 2. The molecule has 2 aromatic rings. The molecule has 0 saturated heterocycles. The highest BCUT2D eigenvalue weighted by Gasteiger charge is 2.33. The molecule has 0 saturated carbocycles. The van der Waals surface area contributed by atoms with E-state index >= 15 is 0 Å². The summed E-state index contributed by atoms with van der Waals surface area (Å²) >= 11 is 0. The average molecular weight is 353 g/mol. The summed E-state index contributed by atoms with van der Waals surface area (Å²) in [6.07, 6.45) is 1.88. The minimum absolute atomic E-state index is 0.316. The van der Waals surface area contributed by atoms with Crippen LogP contribution >= 0.6 is 0 Å². The van der Waals surface area contributed by atoms with Crippen LogP contribution in [0.2, 0.25) is 0 Å². The van der Waals surface area contributed by atoms with E-state index in [4.69, 9.17) is 0 Å². The van der Waals surface area contributed by atoms with Crippen molar-refractivity contribution in [3.05, 3.63) is 40.2 Å². The molecule has 0 N–H and O–H groups in total. The second-order valence-electron chi connectivity index (χ2n) is 4.84. The highest BCUT2D eigenvalue weighted by Crippen LogP contribution is 2.26. The van der Waals surface area contributed by atoms with E-state index in [-0.39, 0.29) is 4.90 Å². The molecule has 24 heavy (non-hydrogen) atoms. The zero-order valence-electron chi connectivity index (χ0n) is 12.5. The highest BCUT2D eigenvalue weighted by atomic mass is 32.2. The third-order valence-corrected chi connectivity index (χ3v) is 4.20. The number of sulfone groups is 1. The number of carbonyl (C=O) groups excluding carboxylic acids is 2. The van der Waals surface area contributed by atoms with E-state index in [2.05, 4.69) is 15.4 Å². The largest absolute Gasteiger partial charge is 0.297 e. The molecule has 0 radical (unpaired) electrons. The minimum atomic E-state index is -3.70. The molecular formula is C12H11N5O6S. The molecule has 0 spiro atoms. The topological polar surface area (TPSA) is 155 Å². The normalized spacial score (nSPS) is 12.6. The van der Waals surface area contributed by atoms with Crippen molar-refractivity contribution in [1.29, 1.82) is 0 Å². The molecule has 0 bridgehead atoms. The van der Waals surface area contributed by atoms with Gasteiger partial charge in [0.25, 0.3) is 5.69 Å². The van der Waals surface area contributed by atoms with Crippen LogP contribution in [0.1, 0.15) is 23.3 Å². The van der Waals surface area contributed by atoms with Gasteiger partial charge in [-0.15, -0.1) is 15.0 Å². The SMILES string of the molecule is CC(=O)C(C(=O)c1ccc(S(C)(=O)=O)cc1[N+](=O)[O-])n1ncnn1. The summed E-state index contributed by atoms with van der Waals surface area (Å²) in [6.45, 7) is 1.10. The smallest absolute Gasteiger partial charge is 0.281 e. The Morgan fingerprint density at radius 2 is 2.00 bits per heavy atom. The molecule has 1 aromatic carbocycles. The van der Waals surface area contributed by atoms with Gasteiger partial charge in [0.1, 0.15) is 0 Å². The Bertz CT molecular complexity index is 921. The maximum absolute atomic E-state index is 12.6. The first-order valence-electron chi connectivity index (χ1n) is 6.38. The van der Waals surface area contributed by atoms with Crippen LogP contribution in [0.4, 0.5) is 5.69 Å². The number of nitro benzene ring substituents is 1. The van der Waals surface area contributed by atoms with Crippen LogP contribution < -0.4 is 0 Å². The van der Waals surface area contributed by atoms with Gasteiger partial charge in [0.05, 0.1) is 15.4 Å². The molecule has 126 valence electrons. The molecule has 0 amide bonds. The van der Waals surface area contributed by atoms with Gasteiger partial charge < -0.3 is 0 Å². The Morgan fingerprint density at radius 1 is 1.33 bits per heavy atom. The van der Waals surface area contributed by atoms with Gasteiger partial charge in [-0.05, 0) is 24.3 Å². The first-order chi connectivity index (χ1) is 11.1. The predicted octanol–water partition coefficient (Wildman–Crippen LogP) is -0.00220. The molecule has 2 rings (SSSR count). The number of tetrazole rings is 1. The number of ketones is 2. The molecule has 1 aromatic heterocycles. The van der Waals surface area contributed by atoms with E-state index in [0.717, 1.165) is 42.5 Å². The third kappa shape index (κ3) is 3.32. The van der Waals surface area contributed by atoms with Crippen LogP contribution in [0.25, 0.3) is 0 Å². The van der Waals surface area contributed by atoms with Gasteiger partial charge >= 0.3 is 0 Å². The summed E-state index contributed by atoms with van der Waals surface area (Å²) in [5.41, 5.74) is -1.15. The molecular weight excluding hydrogens is 342 g/mol. The summed E-state index contributed by atoms with van der Waals surface area (Å²) in [4.78, 5) is 35.0. The predicted molar refractivity (Wildman–Crippen MR) is 78.1 cm³/mol. The number of nitro groups is 1. The Balaban J connectivity index is 2.60. The number of Topliss-reactive ketones (excluding diaryl/α,β-unsaturated/α-hetero) is 2. The fraction of sp³-hybridized carbons (Fsp3) is 0.250. The second kappa shape index (κ2) is 6.23. The zero-order chi connectivity index (χ0) is 18.1. The number of hydrogen-bond donors (Lipinski definition) is 0. The van der Waals surface area contributed by atoms with E-state index in [1.807, 2.05) is 0 Å². The first-order valence-corrected chi connectivity index (χ1v) is 8.27. The minimum Gasteiger partial charge on any atom is -0.297 e.